The Kier molecular flexibility index (Phi) is 7.87. The van der Waals surface area contributed by atoms with Gasteiger partial charge in [-0.1, -0.05) is 34.4 Å². The highest BCUT2D eigenvalue weighted by Gasteiger charge is 2.25. The van der Waals surface area contributed by atoms with E-state index in [0.29, 0.717) is 18.1 Å². The molecule has 12 heteroatoms. The fourth-order valence-corrected chi connectivity index (χ4v) is 5.87. The van der Waals surface area contributed by atoms with Crippen molar-refractivity contribution >= 4 is 38.9 Å². The zero-order chi connectivity index (χ0) is 25.2. The normalized spacial score (nSPS) is 15.9. The van der Waals surface area contributed by atoms with Gasteiger partial charge in [-0.3, -0.25) is 4.57 Å². The van der Waals surface area contributed by atoms with E-state index in [9.17, 15) is 8.42 Å². The number of rotatable bonds is 8. The van der Waals surface area contributed by atoms with E-state index in [2.05, 4.69) is 37.8 Å². The number of nitrogens with one attached hydrogen (secondary N) is 1. The number of likely N-dealkylation sites (N-methyl/N-ethyl adjacent to an activating group) is 1. The molecule has 2 heterocycles. The van der Waals surface area contributed by atoms with Crippen LogP contribution in [0.5, 0.6) is 11.8 Å². The van der Waals surface area contributed by atoms with Crippen LogP contribution in [-0.2, 0) is 16.6 Å². The lowest BCUT2D eigenvalue weighted by Gasteiger charge is -2.34. The van der Waals surface area contributed by atoms with E-state index in [0.717, 1.165) is 31.9 Å². The van der Waals surface area contributed by atoms with Crippen LogP contribution in [0, 0.1) is 0 Å². The van der Waals surface area contributed by atoms with Crippen molar-refractivity contribution in [1.29, 1.82) is 0 Å². The van der Waals surface area contributed by atoms with Gasteiger partial charge in [-0.25, -0.2) is 13.1 Å². The number of anilines is 1. The van der Waals surface area contributed by atoms with Crippen LogP contribution in [0.3, 0.4) is 0 Å². The van der Waals surface area contributed by atoms with Gasteiger partial charge in [0.05, 0.1) is 10.9 Å². The molecule has 0 unspecified atom stereocenters. The van der Waals surface area contributed by atoms with E-state index < -0.39 is 16.1 Å². The number of sulfonamides is 1. The maximum Gasteiger partial charge on any atom is 0.322 e. The fourth-order valence-electron chi connectivity index (χ4n) is 3.94. The fraction of sp³-hybridized carbons (Fsp3) is 0.391. The lowest BCUT2D eigenvalue weighted by Crippen LogP contribution is -2.44. The summed E-state index contributed by atoms with van der Waals surface area (Å²) in [6.45, 7) is 8.01. The van der Waals surface area contributed by atoms with Gasteiger partial charge in [0, 0.05) is 54.5 Å². The van der Waals surface area contributed by atoms with Crippen molar-refractivity contribution in [1.82, 2.24) is 24.4 Å². The Bertz CT molecular complexity index is 1270. The molecule has 1 aromatic heterocycles. The molecular weight excluding hydrogens is 511 g/mol. The highest BCUT2D eigenvalue weighted by molar-refractivity contribution is 7.89. The molecule has 1 fully saturated rings. The Hall–Kier alpha value is -2.37. The standard InChI is InChI=1S/C23H28Cl2N6O3S/c1-4-31-22(16(2)28-35(32,33)21-13-17(24)12-18(25)14-21)26-27-23(31)34-20-7-5-6-19(15-20)30-10-8-29(3)9-11-30/h5-7,12-16,28H,4,8-11H2,1-3H3/t16-/m1/s1. The summed E-state index contributed by atoms with van der Waals surface area (Å²) in [5.74, 6) is 1.06. The van der Waals surface area contributed by atoms with Crippen LogP contribution in [0.1, 0.15) is 25.7 Å². The lowest BCUT2D eigenvalue weighted by atomic mass is 10.2. The summed E-state index contributed by atoms with van der Waals surface area (Å²) < 4.78 is 36.2. The van der Waals surface area contributed by atoms with Crippen LogP contribution in [-0.4, -0.2) is 61.3 Å². The molecule has 0 aliphatic carbocycles. The molecular formula is C23H28Cl2N6O3S. The largest absolute Gasteiger partial charge is 0.424 e. The molecule has 1 saturated heterocycles. The van der Waals surface area contributed by atoms with Crippen molar-refractivity contribution in [2.45, 2.75) is 31.3 Å². The van der Waals surface area contributed by atoms with E-state index in [1.54, 1.807) is 11.5 Å². The second-order valence-electron chi connectivity index (χ2n) is 8.42. The summed E-state index contributed by atoms with van der Waals surface area (Å²) >= 11 is 12.0. The summed E-state index contributed by atoms with van der Waals surface area (Å²) in [5, 5.41) is 8.86. The molecule has 4 rings (SSSR count). The van der Waals surface area contributed by atoms with Crippen LogP contribution >= 0.6 is 23.2 Å². The molecule has 188 valence electrons. The third kappa shape index (κ3) is 6.07. The van der Waals surface area contributed by atoms with Crippen molar-refractivity contribution in [3.05, 3.63) is 58.3 Å². The number of hydrogen-bond donors (Lipinski definition) is 1. The molecule has 2 aromatic carbocycles. The molecule has 0 radical (unpaired) electrons. The molecule has 3 aromatic rings. The molecule has 1 atom stereocenters. The van der Waals surface area contributed by atoms with Gasteiger partial charge >= 0.3 is 6.01 Å². The predicted octanol–water partition coefficient (Wildman–Crippen LogP) is 4.19. The van der Waals surface area contributed by atoms with Crippen molar-refractivity contribution in [2.24, 2.45) is 0 Å². The minimum Gasteiger partial charge on any atom is -0.424 e. The van der Waals surface area contributed by atoms with Gasteiger partial charge in [-0.15, -0.1) is 5.10 Å². The first-order chi connectivity index (χ1) is 16.7. The SMILES string of the molecule is CCn1c(Oc2cccc(N3CCN(C)CC3)c2)nnc1[C@@H](C)NS(=O)(=O)c1cc(Cl)cc(Cl)c1. The number of aromatic nitrogens is 3. The lowest BCUT2D eigenvalue weighted by molar-refractivity contribution is 0.312. The van der Waals surface area contributed by atoms with Gasteiger partial charge in [-0.05, 0) is 51.2 Å². The Morgan fingerprint density at radius 2 is 1.74 bits per heavy atom. The first-order valence-electron chi connectivity index (χ1n) is 11.3. The molecule has 1 aliphatic heterocycles. The number of benzene rings is 2. The average Bonchev–Trinajstić information content (AvgIpc) is 3.21. The zero-order valence-electron chi connectivity index (χ0n) is 19.8. The molecule has 0 saturated carbocycles. The summed E-state index contributed by atoms with van der Waals surface area (Å²) in [6, 6.07) is 11.6. The summed E-state index contributed by atoms with van der Waals surface area (Å²) in [4.78, 5) is 4.60. The second kappa shape index (κ2) is 10.7. The number of piperazine rings is 1. The van der Waals surface area contributed by atoms with Crippen LogP contribution in [0.4, 0.5) is 5.69 Å². The third-order valence-electron chi connectivity index (χ3n) is 5.82. The zero-order valence-corrected chi connectivity index (χ0v) is 22.1. The first-order valence-corrected chi connectivity index (χ1v) is 13.5. The number of ether oxygens (including phenoxy) is 1. The minimum atomic E-state index is -3.90. The van der Waals surface area contributed by atoms with Gasteiger partial charge in [-0.2, -0.15) is 0 Å². The van der Waals surface area contributed by atoms with Gasteiger partial charge in [0.2, 0.25) is 10.0 Å². The van der Waals surface area contributed by atoms with Crippen molar-refractivity contribution in [3.8, 4) is 11.8 Å². The van der Waals surface area contributed by atoms with E-state index in [-0.39, 0.29) is 21.0 Å². The van der Waals surface area contributed by atoms with Gasteiger partial charge < -0.3 is 14.5 Å². The van der Waals surface area contributed by atoms with Crippen LogP contribution in [0.15, 0.2) is 47.4 Å². The third-order valence-corrected chi connectivity index (χ3v) is 7.78. The summed E-state index contributed by atoms with van der Waals surface area (Å²) in [6.07, 6.45) is 0. The Labute approximate surface area is 215 Å². The van der Waals surface area contributed by atoms with Gasteiger partial charge in [0.25, 0.3) is 0 Å². The maximum absolute atomic E-state index is 12.9. The molecule has 9 nitrogen and oxygen atoms in total. The summed E-state index contributed by atoms with van der Waals surface area (Å²) in [7, 11) is -1.78. The smallest absolute Gasteiger partial charge is 0.322 e. The predicted molar refractivity (Wildman–Crippen MR) is 137 cm³/mol. The number of halogens is 2. The second-order valence-corrected chi connectivity index (χ2v) is 11.0. The quantitative estimate of drug-likeness (QED) is 0.459. The average molecular weight is 539 g/mol. The highest BCUT2D eigenvalue weighted by atomic mass is 35.5. The van der Waals surface area contributed by atoms with Gasteiger partial charge in [0.15, 0.2) is 5.82 Å². The van der Waals surface area contributed by atoms with Crippen molar-refractivity contribution < 1.29 is 13.2 Å². The first kappa shape index (κ1) is 25.7. The molecule has 0 amide bonds. The minimum absolute atomic E-state index is 0.0263. The Morgan fingerprint density at radius 3 is 2.40 bits per heavy atom. The Balaban J connectivity index is 1.52. The van der Waals surface area contributed by atoms with E-state index in [1.165, 1.54) is 18.2 Å². The van der Waals surface area contributed by atoms with E-state index >= 15 is 0 Å². The molecule has 1 N–H and O–H groups in total. The van der Waals surface area contributed by atoms with Gasteiger partial charge in [0.1, 0.15) is 5.75 Å². The number of nitrogens with zero attached hydrogens (tertiary/aromatic N) is 5. The van der Waals surface area contributed by atoms with Crippen molar-refractivity contribution in [2.75, 3.05) is 38.1 Å². The molecule has 0 bridgehead atoms. The molecule has 0 spiro atoms. The highest BCUT2D eigenvalue weighted by Crippen LogP contribution is 2.28. The summed E-state index contributed by atoms with van der Waals surface area (Å²) in [5.41, 5.74) is 1.08. The van der Waals surface area contributed by atoms with E-state index in [1.807, 2.05) is 25.1 Å². The molecule has 35 heavy (non-hydrogen) atoms. The van der Waals surface area contributed by atoms with Crippen molar-refractivity contribution in [3.63, 3.8) is 0 Å². The van der Waals surface area contributed by atoms with E-state index in [4.69, 9.17) is 27.9 Å². The van der Waals surface area contributed by atoms with Crippen LogP contribution in [0.25, 0.3) is 0 Å². The van der Waals surface area contributed by atoms with Crippen LogP contribution < -0.4 is 14.4 Å². The Morgan fingerprint density at radius 1 is 1.06 bits per heavy atom. The molecule has 1 aliphatic rings. The van der Waals surface area contributed by atoms with Crippen LogP contribution in [0.2, 0.25) is 10.0 Å². The topological polar surface area (TPSA) is 92.6 Å². The maximum atomic E-state index is 12.9. The number of hydrogen-bond acceptors (Lipinski definition) is 7. The monoisotopic (exact) mass is 538 g/mol.